The van der Waals surface area contributed by atoms with Crippen molar-refractivity contribution in [2.75, 3.05) is 13.1 Å². The van der Waals surface area contributed by atoms with Crippen molar-refractivity contribution in [1.82, 2.24) is 4.90 Å². The van der Waals surface area contributed by atoms with Gasteiger partial charge in [-0.2, -0.15) is 0 Å². The molecule has 0 aromatic carbocycles. The van der Waals surface area contributed by atoms with Crippen LogP contribution in [0.15, 0.2) is 0 Å². The first-order chi connectivity index (χ1) is 9.58. The molecule has 4 heteroatoms. The lowest BCUT2D eigenvalue weighted by Gasteiger charge is -2.22. The molecule has 3 atom stereocenters. The van der Waals surface area contributed by atoms with Crippen LogP contribution in [0, 0.1) is 23.7 Å². The van der Waals surface area contributed by atoms with Crippen LogP contribution in [0.1, 0.15) is 52.4 Å². The first kappa shape index (κ1) is 15.3. The SMILES string of the molecule is CCCCC(CC)C(=O)N1C[C@H](C(=O)O)[C@@H](C2CC2)C1. The highest BCUT2D eigenvalue weighted by atomic mass is 16.4. The van der Waals surface area contributed by atoms with E-state index in [1.165, 1.54) is 0 Å². The Kier molecular flexibility index (Phi) is 5.06. The minimum absolute atomic E-state index is 0.0855. The van der Waals surface area contributed by atoms with Crippen LogP contribution >= 0.6 is 0 Å². The summed E-state index contributed by atoms with van der Waals surface area (Å²) in [4.78, 5) is 25.8. The number of carboxylic acids is 1. The first-order valence-electron chi connectivity index (χ1n) is 8.10. The molecule has 0 bridgehead atoms. The molecular weight excluding hydrogens is 254 g/mol. The Morgan fingerprint density at radius 2 is 1.95 bits per heavy atom. The van der Waals surface area contributed by atoms with Gasteiger partial charge in [-0.1, -0.05) is 26.7 Å². The highest BCUT2D eigenvalue weighted by Crippen LogP contribution is 2.44. The number of hydrogen-bond donors (Lipinski definition) is 1. The Labute approximate surface area is 121 Å². The van der Waals surface area contributed by atoms with Crippen molar-refractivity contribution in [3.05, 3.63) is 0 Å². The number of aliphatic carboxylic acids is 1. The summed E-state index contributed by atoms with van der Waals surface area (Å²) >= 11 is 0. The fourth-order valence-corrected chi connectivity index (χ4v) is 3.48. The van der Waals surface area contributed by atoms with Gasteiger partial charge < -0.3 is 10.0 Å². The van der Waals surface area contributed by atoms with E-state index in [0.717, 1.165) is 38.5 Å². The molecule has 1 amide bonds. The maximum absolute atomic E-state index is 12.6. The third-order valence-corrected chi connectivity index (χ3v) is 4.97. The number of likely N-dealkylation sites (tertiary alicyclic amines) is 1. The van der Waals surface area contributed by atoms with Crippen LogP contribution < -0.4 is 0 Å². The lowest BCUT2D eigenvalue weighted by atomic mass is 9.92. The van der Waals surface area contributed by atoms with Gasteiger partial charge in [0.2, 0.25) is 5.91 Å². The highest BCUT2D eigenvalue weighted by Gasteiger charge is 2.47. The van der Waals surface area contributed by atoms with E-state index < -0.39 is 5.97 Å². The minimum atomic E-state index is -0.723. The number of carbonyl (C=O) groups is 2. The molecule has 20 heavy (non-hydrogen) atoms. The normalized spacial score (nSPS) is 27.6. The number of hydrogen-bond acceptors (Lipinski definition) is 2. The van der Waals surface area contributed by atoms with Crippen LogP contribution in [0.2, 0.25) is 0 Å². The van der Waals surface area contributed by atoms with Crippen LogP contribution in [0.5, 0.6) is 0 Å². The molecule has 4 nitrogen and oxygen atoms in total. The van der Waals surface area contributed by atoms with Crippen molar-refractivity contribution >= 4 is 11.9 Å². The van der Waals surface area contributed by atoms with Crippen molar-refractivity contribution in [3.8, 4) is 0 Å². The number of amides is 1. The van der Waals surface area contributed by atoms with E-state index in [-0.39, 0.29) is 23.7 Å². The molecular formula is C16H27NO3. The van der Waals surface area contributed by atoms with Gasteiger partial charge in [-0.3, -0.25) is 9.59 Å². The quantitative estimate of drug-likeness (QED) is 0.780. The van der Waals surface area contributed by atoms with E-state index in [0.29, 0.717) is 19.0 Å². The van der Waals surface area contributed by atoms with Crippen molar-refractivity contribution in [3.63, 3.8) is 0 Å². The van der Waals surface area contributed by atoms with Crippen LogP contribution in [0.4, 0.5) is 0 Å². The molecule has 2 aliphatic rings. The predicted molar refractivity (Wildman–Crippen MR) is 77.2 cm³/mol. The second-order valence-corrected chi connectivity index (χ2v) is 6.44. The third-order valence-electron chi connectivity index (χ3n) is 4.97. The average Bonchev–Trinajstić information content (AvgIpc) is 3.17. The van der Waals surface area contributed by atoms with Gasteiger partial charge in [0.25, 0.3) is 0 Å². The molecule has 1 aliphatic carbocycles. The second kappa shape index (κ2) is 6.59. The van der Waals surface area contributed by atoms with Crippen LogP contribution in [0.25, 0.3) is 0 Å². The van der Waals surface area contributed by atoms with Gasteiger partial charge in [0, 0.05) is 19.0 Å². The van der Waals surface area contributed by atoms with E-state index in [1.54, 1.807) is 0 Å². The summed E-state index contributed by atoms with van der Waals surface area (Å²) < 4.78 is 0. The Morgan fingerprint density at radius 1 is 1.25 bits per heavy atom. The molecule has 1 N–H and O–H groups in total. The van der Waals surface area contributed by atoms with E-state index in [2.05, 4.69) is 13.8 Å². The number of unbranched alkanes of at least 4 members (excludes halogenated alkanes) is 1. The highest BCUT2D eigenvalue weighted by molar-refractivity contribution is 5.81. The Morgan fingerprint density at radius 3 is 2.45 bits per heavy atom. The summed E-state index contributed by atoms with van der Waals surface area (Å²) in [5.41, 5.74) is 0. The van der Waals surface area contributed by atoms with Crippen LogP contribution in [0.3, 0.4) is 0 Å². The lowest BCUT2D eigenvalue weighted by molar-refractivity contribution is -0.143. The lowest BCUT2D eigenvalue weighted by Crippen LogP contribution is -2.35. The second-order valence-electron chi connectivity index (χ2n) is 6.44. The number of carboxylic acid groups (broad SMARTS) is 1. The molecule has 1 aliphatic heterocycles. The molecule has 0 aromatic heterocycles. The van der Waals surface area contributed by atoms with Gasteiger partial charge in [-0.15, -0.1) is 0 Å². The molecule has 2 fully saturated rings. The monoisotopic (exact) mass is 281 g/mol. The Bertz CT molecular complexity index is 365. The number of rotatable bonds is 7. The summed E-state index contributed by atoms with van der Waals surface area (Å²) in [7, 11) is 0. The molecule has 1 heterocycles. The molecule has 0 aromatic rings. The summed E-state index contributed by atoms with van der Waals surface area (Å²) in [5.74, 6) is -0.0450. The topological polar surface area (TPSA) is 57.6 Å². The zero-order chi connectivity index (χ0) is 14.7. The summed E-state index contributed by atoms with van der Waals surface area (Å²) in [6, 6.07) is 0. The first-order valence-corrected chi connectivity index (χ1v) is 8.10. The molecule has 1 saturated carbocycles. The summed E-state index contributed by atoms with van der Waals surface area (Å²) in [6.45, 7) is 5.29. The molecule has 114 valence electrons. The number of carbonyl (C=O) groups excluding carboxylic acids is 1. The van der Waals surface area contributed by atoms with Crippen LogP contribution in [-0.4, -0.2) is 35.0 Å². The smallest absolute Gasteiger partial charge is 0.308 e. The minimum Gasteiger partial charge on any atom is -0.481 e. The maximum Gasteiger partial charge on any atom is 0.308 e. The molecule has 1 unspecified atom stereocenters. The fraction of sp³-hybridized carbons (Fsp3) is 0.875. The van der Waals surface area contributed by atoms with Gasteiger partial charge in [0.15, 0.2) is 0 Å². The standard InChI is InChI=1S/C16H27NO3/c1-3-5-6-11(4-2)15(18)17-9-13(12-7-8-12)14(10-17)16(19)20/h11-14H,3-10H2,1-2H3,(H,19,20)/t11?,13-,14+/m1/s1. The molecule has 0 spiro atoms. The van der Waals surface area contributed by atoms with Crippen molar-refractivity contribution in [1.29, 1.82) is 0 Å². The van der Waals surface area contributed by atoms with E-state index in [1.807, 2.05) is 4.90 Å². The average molecular weight is 281 g/mol. The van der Waals surface area contributed by atoms with E-state index in [9.17, 15) is 14.7 Å². The van der Waals surface area contributed by atoms with Gasteiger partial charge in [0.05, 0.1) is 5.92 Å². The molecule has 0 radical (unpaired) electrons. The molecule has 2 rings (SSSR count). The van der Waals surface area contributed by atoms with Gasteiger partial charge in [0.1, 0.15) is 0 Å². The summed E-state index contributed by atoms with van der Waals surface area (Å²) in [6.07, 6.45) is 6.26. The van der Waals surface area contributed by atoms with Crippen molar-refractivity contribution < 1.29 is 14.7 Å². The van der Waals surface area contributed by atoms with E-state index >= 15 is 0 Å². The van der Waals surface area contributed by atoms with Gasteiger partial charge in [-0.05, 0) is 37.5 Å². The summed E-state index contributed by atoms with van der Waals surface area (Å²) in [5, 5.41) is 9.36. The van der Waals surface area contributed by atoms with E-state index in [4.69, 9.17) is 0 Å². The Hall–Kier alpha value is -1.06. The Balaban J connectivity index is 1.98. The predicted octanol–water partition coefficient (Wildman–Crippen LogP) is 2.77. The largest absolute Gasteiger partial charge is 0.481 e. The fourth-order valence-electron chi connectivity index (χ4n) is 3.48. The van der Waals surface area contributed by atoms with Crippen LogP contribution in [-0.2, 0) is 9.59 Å². The van der Waals surface area contributed by atoms with Crippen molar-refractivity contribution in [2.24, 2.45) is 23.7 Å². The zero-order valence-corrected chi connectivity index (χ0v) is 12.7. The van der Waals surface area contributed by atoms with Crippen molar-refractivity contribution in [2.45, 2.75) is 52.4 Å². The molecule has 1 saturated heterocycles. The number of nitrogens with zero attached hydrogens (tertiary/aromatic N) is 1. The maximum atomic E-state index is 12.6. The van der Waals surface area contributed by atoms with Gasteiger partial charge >= 0.3 is 5.97 Å². The van der Waals surface area contributed by atoms with Gasteiger partial charge in [-0.25, -0.2) is 0 Å². The third kappa shape index (κ3) is 3.33. The zero-order valence-electron chi connectivity index (χ0n) is 12.7.